The van der Waals surface area contributed by atoms with Gasteiger partial charge in [-0.25, -0.2) is 0 Å². The summed E-state index contributed by atoms with van der Waals surface area (Å²) in [5.41, 5.74) is 2.10. The normalized spacial score (nSPS) is 16.8. The predicted molar refractivity (Wildman–Crippen MR) is 75.3 cm³/mol. The number of rotatable bonds is 3. The minimum absolute atomic E-state index is 0.810. The van der Waals surface area contributed by atoms with Gasteiger partial charge in [0.25, 0.3) is 0 Å². The van der Waals surface area contributed by atoms with Crippen LogP contribution < -0.4 is 5.32 Å². The molecule has 0 atom stereocenters. The summed E-state index contributed by atoms with van der Waals surface area (Å²) in [7, 11) is 0. The fourth-order valence-corrected chi connectivity index (χ4v) is 2.63. The largest absolute Gasteiger partial charge is 0.376 e. The van der Waals surface area contributed by atoms with Gasteiger partial charge >= 0.3 is 0 Å². The summed E-state index contributed by atoms with van der Waals surface area (Å²) in [6.07, 6.45) is 8.70. The Bertz CT molecular complexity index is 384. The Morgan fingerprint density at radius 2 is 2.18 bits per heavy atom. The molecule has 1 aromatic heterocycles. The molecule has 1 N–H and O–H groups in total. The van der Waals surface area contributed by atoms with Crippen LogP contribution in [0.5, 0.6) is 0 Å². The predicted octanol–water partition coefficient (Wildman–Crippen LogP) is 3.24. The molecule has 1 heterocycles. The molecule has 92 valence electrons. The Hall–Kier alpha value is -0.960. The first kappa shape index (κ1) is 12.5. The number of thiocarbonyl (C=S) groups is 1. The van der Waals surface area contributed by atoms with Crippen molar-refractivity contribution in [3.05, 3.63) is 29.6 Å². The van der Waals surface area contributed by atoms with Crippen molar-refractivity contribution in [1.82, 2.24) is 10.3 Å². The van der Waals surface area contributed by atoms with Gasteiger partial charge in [-0.05, 0) is 37.8 Å². The number of nitrogens with one attached hydrogen (secondary N) is 1. The molecule has 1 aliphatic carbocycles. The highest BCUT2D eigenvalue weighted by molar-refractivity contribution is 7.80. The van der Waals surface area contributed by atoms with Crippen LogP contribution in [0.1, 0.15) is 43.4 Å². The highest BCUT2D eigenvalue weighted by Crippen LogP contribution is 2.22. The van der Waals surface area contributed by atoms with Crippen LogP contribution in [0.2, 0.25) is 0 Å². The molecule has 1 aliphatic rings. The zero-order valence-electron chi connectivity index (χ0n) is 10.4. The van der Waals surface area contributed by atoms with Crippen LogP contribution in [0, 0.1) is 12.8 Å². The third kappa shape index (κ3) is 3.77. The lowest BCUT2D eigenvalue weighted by atomic mass is 9.89. The maximum atomic E-state index is 5.41. The number of pyridine rings is 1. The van der Waals surface area contributed by atoms with Crippen LogP contribution in [0.15, 0.2) is 18.3 Å². The summed E-state index contributed by atoms with van der Waals surface area (Å²) in [5, 5.41) is 3.40. The Morgan fingerprint density at radius 3 is 2.88 bits per heavy atom. The first-order chi connectivity index (χ1) is 8.25. The first-order valence-electron chi connectivity index (χ1n) is 6.46. The van der Waals surface area contributed by atoms with Gasteiger partial charge < -0.3 is 5.32 Å². The minimum atomic E-state index is 0.810. The Labute approximate surface area is 109 Å². The average Bonchev–Trinajstić information content (AvgIpc) is 2.37. The van der Waals surface area contributed by atoms with Crippen LogP contribution in [0.4, 0.5) is 0 Å². The molecule has 0 unspecified atom stereocenters. The highest BCUT2D eigenvalue weighted by atomic mass is 32.1. The molecule has 0 saturated heterocycles. The summed E-state index contributed by atoms with van der Waals surface area (Å²) >= 11 is 5.41. The molecule has 0 aliphatic heterocycles. The third-order valence-corrected chi connectivity index (χ3v) is 3.81. The zero-order valence-corrected chi connectivity index (χ0v) is 11.2. The van der Waals surface area contributed by atoms with E-state index in [1.165, 1.54) is 32.1 Å². The van der Waals surface area contributed by atoms with Crippen molar-refractivity contribution in [3.63, 3.8) is 0 Å². The third-order valence-electron chi connectivity index (χ3n) is 3.43. The van der Waals surface area contributed by atoms with E-state index in [2.05, 4.69) is 10.3 Å². The quantitative estimate of drug-likeness (QED) is 0.831. The van der Waals surface area contributed by atoms with Crippen molar-refractivity contribution in [2.75, 3.05) is 6.54 Å². The van der Waals surface area contributed by atoms with Gasteiger partial charge in [0.1, 0.15) is 4.99 Å². The summed E-state index contributed by atoms with van der Waals surface area (Å²) < 4.78 is 0. The molecular formula is C14H20N2S. The highest BCUT2D eigenvalue weighted by Gasteiger charge is 2.13. The topological polar surface area (TPSA) is 24.9 Å². The summed E-state index contributed by atoms with van der Waals surface area (Å²) in [4.78, 5) is 5.05. The van der Waals surface area contributed by atoms with E-state index in [1.807, 2.05) is 25.3 Å². The van der Waals surface area contributed by atoms with Gasteiger partial charge in [0.15, 0.2) is 0 Å². The second kappa shape index (κ2) is 6.10. The van der Waals surface area contributed by atoms with Crippen LogP contribution in [-0.4, -0.2) is 16.5 Å². The van der Waals surface area contributed by atoms with Gasteiger partial charge in [-0.15, -0.1) is 0 Å². The number of aryl methyl sites for hydroxylation is 1. The molecule has 1 fully saturated rings. The van der Waals surface area contributed by atoms with Crippen molar-refractivity contribution in [1.29, 1.82) is 0 Å². The molecule has 2 nitrogen and oxygen atoms in total. The number of nitrogens with zero attached hydrogens (tertiary/aromatic N) is 1. The smallest absolute Gasteiger partial charge is 0.106 e. The van der Waals surface area contributed by atoms with Gasteiger partial charge in [0, 0.05) is 24.0 Å². The summed E-state index contributed by atoms with van der Waals surface area (Å²) in [6, 6.07) is 4.01. The molecule has 0 aromatic carbocycles. The molecule has 0 amide bonds. The molecule has 0 bridgehead atoms. The molecule has 1 aromatic rings. The zero-order chi connectivity index (χ0) is 12.1. The van der Waals surface area contributed by atoms with Gasteiger partial charge in [-0.1, -0.05) is 31.5 Å². The Balaban J connectivity index is 1.84. The number of hydrogen-bond acceptors (Lipinski definition) is 2. The van der Waals surface area contributed by atoms with Crippen LogP contribution in [0.25, 0.3) is 0 Å². The summed E-state index contributed by atoms with van der Waals surface area (Å²) in [5.74, 6) is 0.810. The lowest BCUT2D eigenvalue weighted by molar-refractivity contribution is 0.357. The molecule has 17 heavy (non-hydrogen) atoms. The van der Waals surface area contributed by atoms with Crippen LogP contribution >= 0.6 is 12.2 Å². The van der Waals surface area contributed by atoms with Crippen molar-refractivity contribution >= 4 is 17.2 Å². The van der Waals surface area contributed by atoms with Crippen LogP contribution in [-0.2, 0) is 0 Å². The van der Waals surface area contributed by atoms with E-state index in [-0.39, 0.29) is 0 Å². The lowest BCUT2D eigenvalue weighted by Gasteiger charge is -2.22. The second-order valence-corrected chi connectivity index (χ2v) is 5.31. The van der Waals surface area contributed by atoms with E-state index in [4.69, 9.17) is 12.2 Å². The lowest BCUT2D eigenvalue weighted by Crippen LogP contribution is -2.29. The first-order valence-corrected chi connectivity index (χ1v) is 6.87. The fraction of sp³-hybridized carbons (Fsp3) is 0.571. The minimum Gasteiger partial charge on any atom is -0.376 e. The SMILES string of the molecule is Cc1cc(C(=S)NCC2CCCCC2)ccn1. The second-order valence-electron chi connectivity index (χ2n) is 4.90. The molecule has 1 saturated carbocycles. The standard InChI is InChI=1S/C14H20N2S/c1-11-9-13(7-8-15-11)14(17)16-10-12-5-3-2-4-6-12/h7-9,12H,2-6,10H2,1H3,(H,16,17). The van der Waals surface area contributed by atoms with E-state index in [0.717, 1.165) is 28.7 Å². The van der Waals surface area contributed by atoms with E-state index >= 15 is 0 Å². The van der Waals surface area contributed by atoms with Crippen LogP contribution in [0.3, 0.4) is 0 Å². The molecule has 0 radical (unpaired) electrons. The number of hydrogen-bond donors (Lipinski definition) is 1. The van der Waals surface area contributed by atoms with Crippen molar-refractivity contribution in [2.45, 2.75) is 39.0 Å². The van der Waals surface area contributed by atoms with Crippen molar-refractivity contribution < 1.29 is 0 Å². The van der Waals surface area contributed by atoms with Crippen molar-refractivity contribution in [3.8, 4) is 0 Å². The van der Waals surface area contributed by atoms with Gasteiger partial charge in [0.05, 0.1) is 0 Å². The molecular weight excluding hydrogens is 228 g/mol. The molecule has 0 spiro atoms. The number of aromatic nitrogens is 1. The Morgan fingerprint density at radius 1 is 1.41 bits per heavy atom. The molecule has 3 heteroatoms. The monoisotopic (exact) mass is 248 g/mol. The van der Waals surface area contributed by atoms with E-state index < -0.39 is 0 Å². The molecule has 2 rings (SSSR count). The van der Waals surface area contributed by atoms with E-state index in [0.29, 0.717) is 0 Å². The van der Waals surface area contributed by atoms with Gasteiger partial charge in [-0.3, -0.25) is 4.98 Å². The van der Waals surface area contributed by atoms with E-state index in [1.54, 1.807) is 0 Å². The van der Waals surface area contributed by atoms with Gasteiger partial charge in [-0.2, -0.15) is 0 Å². The Kier molecular flexibility index (Phi) is 4.49. The maximum Gasteiger partial charge on any atom is 0.106 e. The average molecular weight is 248 g/mol. The summed E-state index contributed by atoms with van der Waals surface area (Å²) in [6.45, 7) is 3.02. The van der Waals surface area contributed by atoms with Crippen molar-refractivity contribution in [2.24, 2.45) is 5.92 Å². The maximum absolute atomic E-state index is 5.41. The van der Waals surface area contributed by atoms with E-state index in [9.17, 15) is 0 Å². The van der Waals surface area contributed by atoms with Gasteiger partial charge in [0.2, 0.25) is 0 Å². The fourth-order valence-electron chi connectivity index (χ4n) is 2.42.